The van der Waals surface area contributed by atoms with E-state index < -0.39 is 10.0 Å². The van der Waals surface area contributed by atoms with Gasteiger partial charge >= 0.3 is 0 Å². The number of hydrogen-bond acceptors (Lipinski definition) is 4. The van der Waals surface area contributed by atoms with Crippen molar-refractivity contribution >= 4 is 44.8 Å². The lowest BCUT2D eigenvalue weighted by molar-refractivity contribution is 0.0935. The average molecular weight is 535 g/mol. The highest BCUT2D eigenvalue weighted by Crippen LogP contribution is 2.30. The number of sulfonamides is 1. The molecule has 0 saturated carbocycles. The number of benzene rings is 3. The fourth-order valence-corrected chi connectivity index (χ4v) is 5.17. The minimum atomic E-state index is -3.65. The van der Waals surface area contributed by atoms with E-state index in [-0.39, 0.29) is 18.5 Å². The summed E-state index contributed by atoms with van der Waals surface area (Å²) in [5.41, 5.74) is 3.29. The van der Waals surface area contributed by atoms with Crippen molar-refractivity contribution in [3.8, 4) is 5.75 Å². The number of methoxy groups -OCH3 is 1. The Morgan fingerprint density at radius 2 is 1.69 bits per heavy atom. The predicted molar refractivity (Wildman–Crippen MR) is 142 cm³/mol. The molecular formula is C26H28Cl2N2O4S. The van der Waals surface area contributed by atoms with Gasteiger partial charge in [-0.2, -0.15) is 0 Å². The van der Waals surface area contributed by atoms with E-state index in [1.165, 1.54) is 4.31 Å². The third-order valence-corrected chi connectivity index (χ3v) is 7.56. The summed E-state index contributed by atoms with van der Waals surface area (Å²) in [6.07, 6.45) is 1.82. The number of anilines is 1. The lowest BCUT2D eigenvalue weighted by Crippen LogP contribution is -2.30. The molecule has 0 aliphatic carbocycles. The molecule has 186 valence electrons. The molecule has 0 fully saturated rings. The minimum absolute atomic E-state index is 0.0301. The van der Waals surface area contributed by atoms with Crippen molar-refractivity contribution in [3.63, 3.8) is 0 Å². The molecule has 1 atom stereocenters. The van der Waals surface area contributed by atoms with Crippen molar-refractivity contribution in [2.45, 2.75) is 32.9 Å². The summed E-state index contributed by atoms with van der Waals surface area (Å²) in [4.78, 5) is 13.0. The van der Waals surface area contributed by atoms with Crippen LogP contribution < -0.4 is 14.4 Å². The number of carbonyl (C=O) groups is 1. The highest BCUT2D eigenvalue weighted by atomic mass is 35.5. The largest absolute Gasteiger partial charge is 0.496 e. The number of amides is 1. The SMILES string of the molecule is CC[C@H](NC(=O)c1ccc(N(Cc2c(Cl)cccc2Cl)S(C)(=O)=O)cc1)c1ccc(OC)c(C)c1. The van der Waals surface area contributed by atoms with Crippen molar-refractivity contribution in [1.29, 1.82) is 0 Å². The van der Waals surface area contributed by atoms with Crippen LogP contribution in [0.15, 0.2) is 60.7 Å². The van der Waals surface area contributed by atoms with Crippen molar-refractivity contribution < 1.29 is 17.9 Å². The van der Waals surface area contributed by atoms with Crippen molar-refractivity contribution in [1.82, 2.24) is 5.32 Å². The quantitative estimate of drug-likeness (QED) is 0.356. The Balaban J connectivity index is 1.81. The van der Waals surface area contributed by atoms with Gasteiger partial charge in [-0.3, -0.25) is 9.10 Å². The maximum Gasteiger partial charge on any atom is 0.251 e. The fourth-order valence-electron chi connectivity index (χ4n) is 3.79. The normalized spacial score (nSPS) is 12.2. The minimum Gasteiger partial charge on any atom is -0.496 e. The predicted octanol–water partition coefficient (Wildman–Crippen LogP) is 6.16. The number of nitrogens with zero attached hydrogens (tertiary/aromatic N) is 1. The number of hydrogen-bond donors (Lipinski definition) is 1. The van der Waals surface area contributed by atoms with E-state index in [2.05, 4.69) is 5.32 Å². The van der Waals surface area contributed by atoms with E-state index in [4.69, 9.17) is 27.9 Å². The second-order valence-corrected chi connectivity index (χ2v) is 10.9. The lowest BCUT2D eigenvalue weighted by atomic mass is 10.0. The number of rotatable bonds is 9. The zero-order valence-corrected chi connectivity index (χ0v) is 22.3. The molecule has 0 saturated heterocycles. The molecule has 3 rings (SSSR count). The van der Waals surface area contributed by atoms with Crippen LogP contribution in [0, 0.1) is 6.92 Å². The van der Waals surface area contributed by atoms with Gasteiger partial charge in [0.15, 0.2) is 0 Å². The maximum atomic E-state index is 13.0. The van der Waals surface area contributed by atoms with Crippen LogP contribution in [0.2, 0.25) is 10.0 Å². The molecule has 3 aromatic carbocycles. The van der Waals surface area contributed by atoms with Crippen LogP contribution in [-0.2, 0) is 16.6 Å². The van der Waals surface area contributed by atoms with Crippen LogP contribution in [-0.4, -0.2) is 27.7 Å². The fraction of sp³-hybridized carbons (Fsp3) is 0.269. The molecule has 3 aromatic rings. The van der Waals surface area contributed by atoms with Gasteiger partial charge in [0, 0.05) is 21.2 Å². The van der Waals surface area contributed by atoms with Gasteiger partial charge in [-0.05, 0) is 66.9 Å². The van der Waals surface area contributed by atoms with Gasteiger partial charge in [-0.1, -0.05) is 48.3 Å². The Morgan fingerprint density at radius 3 is 2.20 bits per heavy atom. The van der Waals surface area contributed by atoms with Crippen LogP contribution in [0.5, 0.6) is 5.75 Å². The molecule has 0 unspecified atom stereocenters. The second-order valence-electron chi connectivity index (χ2n) is 8.18. The van der Waals surface area contributed by atoms with E-state index in [0.29, 0.717) is 33.3 Å². The molecule has 0 aliphatic heterocycles. The van der Waals surface area contributed by atoms with Gasteiger partial charge in [-0.15, -0.1) is 0 Å². The first-order chi connectivity index (χ1) is 16.5. The first-order valence-corrected chi connectivity index (χ1v) is 13.6. The van der Waals surface area contributed by atoms with Crippen LogP contribution in [0.4, 0.5) is 5.69 Å². The van der Waals surface area contributed by atoms with Crippen LogP contribution in [0.3, 0.4) is 0 Å². The van der Waals surface area contributed by atoms with Gasteiger partial charge in [0.25, 0.3) is 5.91 Å². The van der Waals surface area contributed by atoms with Gasteiger partial charge in [-0.25, -0.2) is 8.42 Å². The first kappa shape index (κ1) is 26.9. The van der Waals surface area contributed by atoms with Crippen LogP contribution >= 0.6 is 23.2 Å². The van der Waals surface area contributed by atoms with Gasteiger partial charge < -0.3 is 10.1 Å². The zero-order valence-electron chi connectivity index (χ0n) is 20.0. The molecule has 0 radical (unpaired) electrons. The molecule has 0 aliphatic rings. The molecule has 1 amide bonds. The summed E-state index contributed by atoms with van der Waals surface area (Å²) in [5, 5.41) is 3.80. The molecule has 0 heterocycles. The third kappa shape index (κ3) is 6.48. The Labute approximate surface area is 216 Å². The third-order valence-electron chi connectivity index (χ3n) is 5.72. The lowest BCUT2D eigenvalue weighted by Gasteiger charge is -2.24. The summed E-state index contributed by atoms with van der Waals surface area (Å²) in [6.45, 7) is 3.92. The summed E-state index contributed by atoms with van der Waals surface area (Å²) < 4.78 is 31.6. The van der Waals surface area contributed by atoms with Crippen molar-refractivity contribution in [2.75, 3.05) is 17.7 Å². The molecule has 0 aromatic heterocycles. The second kappa shape index (κ2) is 11.3. The highest BCUT2D eigenvalue weighted by Gasteiger charge is 2.22. The van der Waals surface area contributed by atoms with Gasteiger partial charge in [0.1, 0.15) is 5.75 Å². The average Bonchev–Trinajstić information content (AvgIpc) is 2.81. The number of halogens is 2. The molecule has 35 heavy (non-hydrogen) atoms. The number of ether oxygens (including phenoxy) is 1. The topological polar surface area (TPSA) is 75.7 Å². The Bertz CT molecular complexity index is 1290. The Morgan fingerprint density at radius 1 is 1.06 bits per heavy atom. The van der Waals surface area contributed by atoms with Crippen molar-refractivity contribution in [2.24, 2.45) is 0 Å². The summed E-state index contributed by atoms with van der Waals surface area (Å²) in [6, 6.07) is 17.1. The maximum absolute atomic E-state index is 13.0. The van der Waals surface area contributed by atoms with E-state index in [1.54, 1.807) is 49.6 Å². The zero-order chi connectivity index (χ0) is 25.8. The van der Waals surface area contributed by atoms with E-state index in [1.807, 2.05) is 32.0 Å². The molecule has 9 heteroatoms. The molecule has 0 bridgehead atoms. The van der Waals surface area contributed by atoms with E-state index in [0.717, 1.165) is 23.1 Å². The molecule has 0 spiro atoms. The first-order valence-electron chi connectivity index (χ1n) is 11.0. The smallest absolute Gasteiger partial charge is 0.251 e. The van der Waals surface area contributed by atoms with Crippen LogP contribution in [0.1, 0.15) is 46.4 Å². The summed E-state index contributed by atoms with van der Waals surface area (Å²) >= 11 is 12.5. The highest BCUT2D eigenvalue weighted by molar-refractivity contribution is 7.92. The monoisotopic (exact) mass is 534 g/mol. The summed E-state index contributed by atoms with van der Waals surface area (Å²) in [5.74, 6) is 0.538. The number of aryl methyl sites for hydroxylation is 1. The van der Waals surface area contributed by atoms with Gasteiger partial charge in [0.05, 0.1) is 31.6 Å². The molecule has 6 nitrogen and oxygen atoms in total. The Hall–Kier alpha value is -2.74. The van der Waals surface area contributed by atoms with E-state index >= 15 is 0 Å². The summed E-state index contributed by atoms with van der Waals surface area (Å²) in [7, 11) is -2.02. The van der Waals surface area contributed by atoms with E-state index in [9.17, 15) is 13.2 Å². The molecular weight excluding hydrogens is 507 g/mol. The van der Waals surface area contributed by atoms with Crippen molar-refractivity contribution in [3.05, 3.63) is 93.0 Å². The van der Waals surface area contributed by atoms with Gasteiger partial charge in [0.2, 0.25) is 10.0 Å². The molecule has 1 N–H and O–H groups in total. The number of nitrogens with one attached hydrogen (secondary N) is 1. The van der Waals surface area contributed by atoms with Crippen LogP contribution in [0.25, 0.3) is 0 Å². The standard InChI is InChI=1S/C26H28Cl2N2O4S/c1-5-24(19-11-14-25(34-3)17(2)15-19)29-26(31)18-9-12-20(13-10-18)30(35(4,32)33)16-21-22(27)7-6-8-23(21)28/h6-15,24H,5,16H2,1-4H3,(H,29,31)/t24-/m0/s1. The Kier molecular flexibility index (Phi) is 8.70. The number of carbonyl (C=O) groups excluding carboxylic acids is 1.